The second-order valence-electron chi connectivity index (χ2n) is 7.03. The third-order valence-electron chi connectivity index (χ3n) is 4.96. The highest BCUT2D eigenvalue weighted by atomic mass is 35.5. The molecule has 1 atom stereocenters. The standard InChI is InChI=1S/C22H20ClN3O4S/c1-2-30-14-5-6-16-13(10-14)11-15(22(23)24-16)18-12-17(19-4-3-9-31-19)25-26(18)20(27)7-8-21(28)29/h3-6,9-11,18H,2,7-8,12H2,1H3,(H,28,29). The summed E-state index contributed by atoms with van der Waals surface area (Å²) in [6, 6.07) is 10.9. The van der Waals surface area contributed by atoms with Gasteiger partial charge in [0.25, 0.3) is 0 Å². The van der Waals surface area contributed by atoms with Gasteiger partial charge in [0.15, 0.2) is 0 Å². The molecule has 3 heterocycles. The Kier molecular flexibility index (Phi) is 6.20. The van der Waals surface area contributed by atoms with Crippen LogP contribution in [0, 0.1) is 0 Å². The highest BCUT2D eigenvalue weighted by Crippen LogP contribution is 2.38. The van der Waals surface area contributed by atoms with Crippen LogP contribution in [0.15, 0.2) is 46.9 Å². The fourth-order valence-electron chi connectivity index (χ4n) is 3.54. The van der Waals surface area contributed by atoms with E-state index in [2.05, 4.69) is 10.1 Å². The molecular formula is C22H20ClN3O4S. The monoisotopic (exact) mass is 457 g/mol. The van der Waals surface area contributed by atoms with E-state index in [-0.39, 0.29) is 18.7 Å². The molecule has 2 aromatic heterocycles. The summed E-state index contributed by atoms with van der Waals surface area (Å²) in [5.74, 6) is -0.667. The third kappa shape index (κ3) is 4.55. The van der Waals surface area contributed by atoms with Crippen LogP contribution < -0.4 is 4.74 Å². The van der Waals surface area contributed by atoms with Crippen molar-refractivity contribution < 1.29 is 19.4 Å². The molecule has 1 amide bonds. The first-order chi connectivity index (χ1) is 15.0. The van der Waals surface area contributed by atoms with Gasteiger partial charge in [-0.15, -0.1) is 11.3 Å². The van der Waals surface area contributed by atoms with E-state index in [9.17, 15) is 9.59 Å². The molecule has 1 aliphatic heterocycles. The Hall–Kier alpha value is -2.97. The molecule has 0 spiro atoms. The Morgan fingerprint density at radius 1 is 1.29 bits per heavy atom. The number of carboxylic acids is 1. The van der Waals surface area contributed by atoms with Crippen molar-refractivity contribution in [2.24, 2.45) is 5.10 Å². The van der Waals surface area contributed by atoms with E-state index >= 15 is 0 Å². The van der Waals surface area contributed by atoms with Gasteiger partial charge < -0.3 is 9.84 Å². The molecular weight excluding hydrogens is 438 g/mol. The van der Waals surface area contributed by atoms with Crippen molar-refractivity contribution >= 4 is 51.4 Å². The van der Waals surface area contributed by atoms with Gasteiger partial charge in [0.05, 0.1) is 35.2 Å². The number of pyridine rings is 1. The molecule has 160 valence electrons. The molecule has 3 aromatic rings. The van der Waals surface area contributed by atoms with Crippen LogP contribution in [0.4, 0.5) is 0 Å². The molecule has 4 rings (SSSR count). The molecule has 31 heavy (non-hydrogen) atoms. The van der Waals surface area contributed by atoms with Gasteiger partial charge in [-0.05, 0) is 42.6 Å². The number of fused-ring (bicyclic) bond motifs is 1. The highest BCUT2D eigenvalue weighted by molar-refractivity contribution is 7.12. The number of benzene rings is 1. The Morgan fingerprint density at radius 3 is 2.84 bits per heavy atom. The summed E-state index contributed by atoms with van der Waals surface area (Å²) in [6.45, 7) is 2.46. The van der Waals surface area contributed by atoms with Gasteiger partial charge >= 0.3 is 5.97 Å². The largest absolute Gasteiger partial charge is 0.494 e. The van der Waals surface area contributed by atoms with Crippen LogP contribution in [0.2, 0.25) is 5.15 Å². The van der Waals surface area contributed by atoms with E-state index in [1.165, 1.54) is 16.3 Å². The van der Waals surface area contributed by atoms with Crippen LogP contribution in [0.25, 0.3) is 10.9 Å². The maximum atomic E-state index is 12.8. The lowest BCUT2D eigenvalue weighted by Crippen LogP contribution is -2.27. The van der Waals surface area contributed by atoms with Crippen molar-refractivity contribution in [1.82, 2.24) is 9.99 Å². The first-order valence-electron chi connectivity index (χ1n) is 9.84. The van der Waals surface area contributed by atoms with Gasteiger partial charge in [0.1, 0.15) is 10.9 Å². The van der Waals surface area contributed by atoms with Gasteiger partial charge in [-0.3, -0.25) is 9.59 Å². The number of halogens is 1. The predicted octanol–water partition coefficient (Wildman–Crippen LogP) is 4.89. The van der Waals surface area contributed by atoms with E-state index in [1.807, 2.05) is 48.7 Å². The number of hydrazone groups is 1. The van der Waals surface area contributed by atoms with Crippen molar-refractivity contribution in [3.8, 4) is 5.75 Å². The molecule has 1 N–H and O–H groups in total. The fourth-order valence-corrected chi connectivity index (χ4v) is 4.53. The number of hydrogen-bond acceptors (Lipinski definition) is 6. The van der Waals surface area contributed by atoms with Crippen molar-refractivity contribution in [3.63, 3.8) is 0 Å². The van der Waals surface area contributed by atoms with Gasteiger partial charge in [0.2, 0.25) is 5.91 Å². The zero-order chi connectivity index (χ0) is 22.0. The van der Waals surface area contributed by atoms with Crippen molar-refractivity contribution in [2.75, 3.05) is 6.61 Å². The van der Waals surface area contributed by atoms with E-state index < -0.39 is 12.0 Å². The maximum Gasteiger partial charge on any atom is 0.303 e. The van der Waals surface area contributed by atoms with Crippen molar-refractivity contribution in [2.45, 2.75) is 32.2 Å². The molecule has 0 fully saturated rings. The number of aromatic nitrogens is 1. The average molecular weight is 458 g/mol. The minimum atomic E-state index is -1.03. The number of ether oxygens (including phenoxy) is 1. The number of rotatable bonds is 7. The Labute approximate surface area is 187 Å². The predicted molar refractivity (Wildman–Crippen MR) is 120 cm³/mol. The van der Waals surface area contributed by atoms with Crippen LogP contribution in [0.5, 0.6) is 5.75 Å². The molecule has 1 aromatic carbocycles. The normalized spacial score (nSPS) is 15.9. The van der Waals surface area contributed by atoms with Gasteiger partial charge in [0, 0.05) is 23.8 Å². The van der Waals surface area contributed by atoms with Crippen molar-refractivity contribution in [3.05, 3.63) is 57.4 Å². The van der Waals surface area contributed by atoms with Crippen LogP contribution >= 0.6 is 22.9 Å². The quantitative estimate of drug-likeness (QED) is 0.510. The van der Waals surface area contributed by atoms with Gasteiger partial charge in [-0.25, -0.2) is 9.99 Å². The zero-order valence-electron chi connectivity index (χ0n) is 16.7. The number of aliphatic carboxylic acids is 1. The fraction of sp³-hybridized carbons (Fsp3) is 0.273. The lowest BCUT2D eigenvalue weighted by atomic mass is 10.0. The summed E-state index contributed by atoms with van der Waals surface area (Å²) < 4.78 is 5.59. The second kappa shape index (κ2) is 9.03. The Morgan fingerprint density at radius 2 is 2.13 bits per heavy atom. The first kappa shape index (κ1) is 21.3. The average Bonchev–Trinajstić information content (AvgIpc) is 3.42. The number of hydrogen-bond donors (Lipinski definition) is 1. The lowest BCUT2D eigenvalue weighted by Gasteiger charge is -2.23. The second-order valence-corrected chi connectivity index (χ2v) is 8.34. The molecule has 7 nitrogen and oxygen atoms in total. The summed E-state index contributed by atoms with van der Waals surface area (Å²) >= 11 is 8.07. The van der Waals surface area contributed by atoms with Crippen molar-refractivity contribution in [1.29, 1.82) is 0 Å². The molecule has 1 unspecified atom stereocenters. The smallest absolute Gasteiger partial charge is 0.303 e. The first-order valence-corrected chi connectivity index (χ1v) is 11.1. The SMILES string of the molecule is CCOc1ccc2nc(Cl)c(C3CC(c4cccs4)=NN3C(=O)CCC(=O)O)cc2c1. The highest BCUT2D eigenvalue weighted by Gasteiger charge is 2.35. The summed E-state index contributed by atoms with van der Waals surface area (Å²) in [4.78, 5) is 29.3. The molecule has 0 aliphatic carbocycles. The summed E-state index contributed by atoms with van der Waals surface area (Å²) in [5.41, 5.74) is 2.16. The summed E-state index contributed by atoms with van der Waals surface area (Å²) in [6.07, 6.45) is 0.0743. The Balaban J connectivity index is 1.72. The van der Waals surface area contributed by atoms with E-state index in [0.29, 0.717) is 23.7 Å². The van der Waals surface area contributed by atoms with E-state index in [0.717, 1.165) is 27.2 Å². The van der Waals surface area contributed by atoms with E-state index in [1.54, 1.807) is 0 Å². The van der Waals surface area contributed by atoms with Crippen LogP contribution in [-0.2, 0) is 9.59 Å². The molecule has 1 aliphatic rings. The summed E-state index contributed by atoms with van der Waals surface area (Å²) in [7, 11) is 0. The minimum Gasteiger partial charge on any atom is -0.494 e. The number of nitrogens with zero attached hydrogens (tertiary/aromatic N) is 3. The maximum absolute atomic E-state index is 12.8. The van der Waals surface area contributed by atoms with Crippen LogP contribution in [0.3, 0.4) is 0 Å². The zero-order valence-corrected chi connectivity index (χ0v) is 18.3. The lowest BCUT2D eigenvalue weighted by molar-refractivity contribution is -0.141. The number of thiophene rings is 1. The molecule has 9 heteroatoms. The molecule has 0 radical (unpaired) electrons. The third-order valence-corrected chi connectivity index (χ3v) is 6.18. The van der Waals surface area contributed by atoms with Gasteiger partial charge in [-0.1, -0.05) is 17.7 Å². The molecule has 0 saturated heterocycles. The van der Waals surface area contributed by atoms with Crippen LogP contribution in [0.1, 0.15) is 42.7 Å². The molecule has 0 saturated carbocycles. The molecule has 0 bridgehead atoms. The van der Waals surface area contributed by atoms with Gasteiger partial charge in [-0.2, -0.15) is 5.10 Å². The van der Waals surface area contributed by atoms with E-state index in [4.69, 9.17) is 21.4 Å². The summed E-state index contributed by atoms with van der Waals surface area (Å²) in [5, 5.41) is 18.0. The minimum absolute atomic E-state index is 0.139. The number of carbonyl (C=O) groups is 2. The Bertz CT molecular complexity index is 1160. The topological polar surface area (TPSA) is 92.1 Å². The number of carboxylic acid groups (broad SMARTS) is 1. The number of amides is 1. The number of carbonyl (C=O) groups excluding carboxylic acids is 1. The van der Waals surface area contributed by atoms with Crippen LogP contribution in [-0.4, -0.2) is 39.3 Å².